The summed E-state index contributed by atoms with van der Waals surface area (Å²) in [4.78, 5) is 10.6. The normalized spacial score (nSPS) is 14.1. The van der Waals surface area contributed by atoms with Gasteiger partial charge in [-0.3, -0.25) is 0 Å². The third-order valence-corrected chi connectivity index (χ3v) is 1.89. The van der Waals surface area contributed by atoms with Crippen LogP contribution in [0.4, 0.5) is 0 Å². The average Bonchev–Trinajstić information content (AvgIpc) is 2.10. The maximum atomic E-state index is 10.6. The molecule has 1 unspecified atom stereocenters. The molecule has 0 rings (SSSR count). The number of aliphatic hydroxyl groups excluding tert-OH is 1. The van der Waals surface area contributed by atoms with Gasteiger partial charge < -0.3 is 15.5 Å². The van der Waals surface area contributed by atoms with Crippen molar-refractivity contribution >= 4 is 5.97 Å². The molecule has 0 bridgehead atoms. The molecule has 0 spiro atoms. The Morgan fingerprint density at radius 1 is 1.57 bits per heavy atom. The molecule has 1 atom stereocenters. The number of carboxylic acid groups (broad SMARTS) is 1. The van der Waals surface area contributed by atoms with Crippen LogP contribution in [0.15, 0.2) is 11.6 Å². The quantitative estimate of drug-likeness (QED) is 0.420. The minimum absolute atomic E-state index is 0.309. The second-order valence-electron chi connectivity index (χ2n) is 3.23. The van der Waals surface area contributed by atoms with Gasteiger partial charge in [-0.2, -0.15) is 0 Å². The molecule has 0 fully saturated rings. The van der Waals surface area contributed by atoms with E-state index in [1.807, 2.05) is 6.92 Å². The van der Waals surface area contributed by atoms with Crippen molar-refractivity contribution in [3.05, 3.63) is 11.6 Å². The molecule has 0 aromatic rings. The van der Waals surface area contributed by atoms with Crippen molar-refractivity contribution in [3.8, 4) is 0 Å². The summed E-state index contributed by atoms with van der Waals surface area (Å²) in [6, 6.07) is 0. The Morgan fingerprint density at radius 2 is 2.21 bits per heavy atom. The predicted molar refractivity (Wildman–Crippen MR) is 55.2 cm³/mol. The fourth-order valence-corrected chi connectivity index (χ4v) is 0.991. The van der Waals surface area contributed by atoms with Crippen molar-refractivity contribution in [2.45, 2.75) is 32.8 Å². The first-order chi connectivity index (χ1) is 6.57. The lowest BCUT2D eigenvalue weighted by atomic mass is 10.2. The molecule has 0 radical (unpaired) electrons. The number of aliphatic carboxylic acids is 1. The summed E-state index contributed by atoms with van der Waals surface area (Å²) in [5, 5.41) is 20.7. The number of nitrogens with one attached hydrogen (secondary N) is 1. The van der Waals surface area contributed by atoms with Gasteiger partial charge in [0.15, 0.2) is 0 Å². The summed E-state index contributed by atoms with van der Waals surface area (Å²) in [5.41, 5.74) is 0.426. The van der Waals surface area contributed by atoms with Gasteiger partial charge in [-0.05, 0) is 26.3 Å². The Labute approximate surface area is 84.6 Å². The lowest BCUT2D eigenvalue weighted by molar-refractivity contribution is -0.132. The molecule has 0 aromatic carbocycles. The summed E-state index contributed by atoms with van der Waals surface area (Å²) in [5.74, 6) is -0.857. The van der Waals surface area contributed by atoms with Gasteiger partial charge in [0.1, 0.15) is 0 Å². The highest BCUT2D eigenvalue weighted by atomic mass is 16.4. The fraction of sp³-hybridized carbons (Fsp3) is 0.700. The molecular weight excluding hydrogens is 182 g/mol. The van der Waals surface area contributed by atoms with Crippen LogP contribution >= 0.6 is 0 Å². The number of carboxylic acids is 1. The van der Waals surface area contributed by atoms with Crippen LogP contribution in [-0.2, 0) is 4.79 Å². The number of hydrogen-bond donors (Lipinski definition) is 3. The van der Waals surface area contributed by atoms with Gasteiger partial charge >= 0.3 is 5.97 Å². The van der Waals surface area contributed by atoms with Gasteiger partial charge in [0.2, 0.25) is 0 Å². The van der Waals surface area contributed by atoms with Gasteiger partial charge in [-0.15, -0.1) is 0 Å². The van der Waals surface area contributed by atoms with Gasteiger partial charge in [0.25, 0.3) is 0 Å². The molecule has 0 heterocycles. The molecule has 0 aliphatic rings. The lowest BCUT2D eigenvalue weighted by Crippen LogP contribution is -2.19. The fourth-order valence-electron chi connectivity index (χ4n) is 0.991. The van der Waals surface area contributed by atoms with Crippen LogP contribution in [0.3, 0.4) is 0 Å². The Hall–Kier alpha value is -0.870. The van der Waals surface area contributed by atoms with E-state index in [9.17, 15) is 4.79 Å². The van der Waals surface area contributed by atoms with Crippen LogP contribution in [0.1, 0.15) is 26.7 Å². The largest absolute Gasteiger partial charge is 0.478 e. The summed E-state index contributed by atoms with van der Waals surface area (Å²) < 4.78 is 0. The van der Waals surface area contributed by atoms with Crippen molar-refractivity contribution in [1.82, 2.24) is 5.32 Å². The molecule has 3 N–H and O–H groups in total. The van der Waals surface area contributed by atoms with Crippen LogP contribution in [0.2, 0.25) is 0 Å². The average molecular weight is 201 g/mol. The first-order valence-corrected chi connectivity index (χ1v) is 4.89. The van der Waals surface area contributed by atoms with Crippen molar-refractivity contribution in [3.63, 3.8) is 0 Å². The van der Waals surface area contributed by atoms with E-state index in [2.05, 4.69) is 5.32 Å². The first-order valence-electron chi connectivity index (χ1n) is 4.89. The summed E-state index contributed by atoms with van der Waals surface area (Å²) in [7, 11) is 0. The molecule has 0 aromatic heterocycles. The smallest absolute Gasteiger partial charge is 0.331 e. The summed E-state index contributed by atoms with van der Waals surface area (Å²) in [6.07, 6.45) is 2.58. The van der Waals surface area contributed by atoms with Gasteiger partial charge in [-0.25, -0.2) is 4.79 Å². The number of aliphatic hydroxyl groups is 1. The zero-order valence-electron chi connectivity index (χ0n) is 8.79. The topological polar surface area (TPSA) is 69.6 Å². The van der Waals surface area contributed by atoms with Crippen LogP contribution in [0.5, 0.6) is 0 Å². The highest BCUT2D eigenvalue weighted by Gasteiger charge is 2.02. The number of rotatable bonds is 7. The van der Waals surface area contributed by atoms with Crippen LogP contribution in [0.25, 0.3) is 0 Å². The molecular formula is C10H19NO3. The third kappa shape index (κ3) is 6.62. The van der Waals surface area contributed by atoms with Crippen LogP contribution < -0.4 is 5.32 Å². The molecule has 0 saturated heterocycles. The molecule has 0 aliphatic carbocycles. The monoisotopic (exact) mass is 201 g/mol. The number of carbonyl (C=O) groups is 1. The van der Waals surface area contributed by atoms with E-state index in [0.717, 1.165) is 0 Å². The number of hydrogen-bond acceptors (Lipinski definition) is 3. The van der Waals surface area contributed by atoms with Crippen LogP contribution in [-0.4, -0.2) is 35.4 Å². The van der Waals surface area contributed by atoms with Crippen LogP contribution in [0, 0.1) is 0 Å². The second kappa shape index (κ2) is 7.53. The molecule has 0 aliphatic heterocycles. The zero-order valence-corrected chi connectivity index (χ0v) is 8.79. The van der Waals surface area contributed by atoms with Crippen molar-refractivity contribution in [2.24, 2.45) is 0 Å². The van der Waals surface area contributed by atoms with E-state index < -0.39 is 5.97 Å². The minimum Gasteiger partial charge on any atom is -0.478 e. The minimum atomic E-state index is -0.857. The zero-order chi connectivity index (χ0) is 11.0. The maximum Gasteiger partial charge on any atom is 0.331 e. The van der Waals surface area contributed by atoms with E-state index >= 15 is 0 Å². The molecule has 4 nitrogen and oxygen atoms in total. The SMILES string of the molecule is CCC(=CCNCCC(C)O)C(=O)O. The Morgan fingerprint density at radius 3 is 2.64 bits per heavy atom. The third-order valence-electron chi connectivity index (χ3n) is 1.89. The molecule has 82 valence electrons. The standard InChI is InChI=1S/C10H19NO3/c1-3-9(10(13)14)5-7-11-6-4-8(2)12/h5,8,11-12H,3-4,6-7H2,1-2H3,(H,13,14). The highest BCUT2D eigenvalue weighted by Crippen LogP contribution is 1.98. The van der Waals surface area contributed by atoms with Gasteiger partial charge in [-0.1, -0.05) is 13.0 Å². The van der Waals surface area contributed by atoms with E-state index in [4.69, 9.17) is 10.2 Å². The van der Waals surface area contributed by atoms with E-state index in [1.54, 1.807) is 13.0 Å². The Balaban J connectivity index is 3.64. The van der Waals surface area contributed by atoms with Crippen molar-refractivity contribution < 1.29 is 15.0 Å². The second-order valence-corrected chi connectivity index (χ2v) is 3.23. The van der Waals surface area contributed by atoms with Gasteiger partial charge in [0.05, 0.1) is 6.10 Å². The molecule has 0 saturated carbocycles. The maximum absolute atomic E-state index is 10.6. The van der Waals surface area contributed by atoms with E-state index in [0.29, 0.717) is 31.5 Å². The Kier molecular flexibility index (Phi) is 7.06. The molecule has 14 heavy (non-hydrogen) atoms. The highest BCUT2D eigenvalue weighted by molar-refractivity contribution is 5.86. The summed E-state index contributed by atoms with van der Waals surface area (Å²) in [6.45, 7) is 4.79. The van der Waals surface area contributed by atoms with Gasteiger partial charge in [0, 0.05) is 12.1 Å². The lowest BCUT2D eigenvalue weighted by Gasteiger charge is -2.04. The van der Waals surface area contributed by atoms with E-state index in [1.165, 1.54) is 0 Å². The van der Waals surface area contributed by atoms with Crippen molar-refractivity contribution in [1.29, 1.82) is 0 Å². The molecule has 4 heteroatoms. The molecule has 0 amide bonds. The predicted octanol–water partition coefficient (Wildman–Crippen LogP) is 0.768. The summed E-state index contributed by atoms with van der Waals surface area (Å²) >= 11 is 0. The Bertz CT molecular complexity index is 200. The first kappa shape index (κ1) is 13.1. The van der Waals surface area contributed by atoms with Crippen molar-refractivity contribution in [2.75, 3.05) is 13.1 Å². The van der Waals surface area contributed by atoms with E-state index in [-0.39, 0.29) is 6.10 Å².